The maximum absolute atomic E-state index is 10.8. The van der Waals surface area contributed by atoms with Crippen molar-refractivity contribution in [1.82, 2.24) is 0 Å². The third kappa shape index (κ3) is 2.95. The van der Waals surface area contributed by atoms with Crippen LogP contribution in [0.3, 0.4) is 0 Å². The highest BCUT2D eigenvalue weighted by atomic mass is 16.5. The zero-order valence-electron chi connectivity index (χ0n) is 7.83. The van der Waals surface area contributed by atoms with Gasteiger partial charge in [0, 0.05) is 0 Å². The summed E-state index contributed by atoms with van der Waals surface area (Å²) in [6.07, 6.45) is 2.25. The van der Waals surface area contributed by atoms with Crippen LogP contribution in [0.1, 0.15) is 33.6 Å². The molecule has 0 aromatic heterocycles. The zero-order valence-corrected chi connectivity index (χ0v) is 7.83. The van der Waals surface area contributed by atoms with Crippen molar-refractivity contribution in [2.24, 2.45) is 0 Å². The van der Waals surface area contributed by atoms with Crippen molar-refractivity contribution in [3.63, 3.8) is 0 Å². The molecule has 1 saturated heterocycles. The zero-order chi connectivity index (χ0) is 9.56. The first-order valence-electron chi connectivity index (χ1n) is 4.28. The second kappa shape index (κ2) is 5.63. The van der Waals surface area contributed by atoms with E-state index in [2.05, 4.69) is 0 Å². The number of ether oxygens (including phenoxy) is 1. The fraction of sp³-hybridized carbons (Fsp3) is 0.667. The van der Waals surface area contributed by atoms with E-state index >= 15 is 0 Å². The number of cyclic esters (lactones) is 1. The summed E-state index contributed by atoms with van der Waals surface area (Å²) in [4.78, 5) is 10.8. The number of hydrogen-bond donors (Lipinski definition) is 1. The van der Waals surface area contributed by atoms with E-state index < -0.39 is 0 Å². The summed E-state index contributed by atoms with van der Waals surface area (Å²) >= 11 is 0. The molecule has 12 heavy (non-hydrogen) atoms. The molecule has 0 aliphatic carbocycles. The number of carbonyl (C=O) groups excluding carboxylic acids is 1. The van der Waals surface area contributed by atoms with Crippen LogP contribution in [0.15, 0.2) is 11.8 Å². The minimum atomic E-state index is -0.388. The van der Waals surface area contributed by atoms with Crippen LogP contribution in [0.4, 0.5) is 0 Å². The molecule has 1 atom stereocenters. The summed E-state index contributed by atoms with van der Waals surface area (Å²) in [6, 6.07) is 0. The van der Waals surface area contributed by atoms with Crippen molar-refractivity contribution in [2.45, 2.75) is 39.7 Å². The topological polar surface area (TPSA) is 46.5 Å². The van der Waals surface area contributed by atoms with Gasteiger partial charge < -0.3 is 9.84 Å². The van der Waals surface area contributed by atoms with Gasteiger partial charge in [0.1, 0.15) is 0 Å². The standard InChI is InChI=1S/C7H10O3.C2H6/c1-5-2-3-6(4-8)7(9)10-5;1-2/h4-5,8H,2-3H2,1H3;1-2H3/b6-4+;. The average Bonchev–Trinajstić information content (AvgIpc) is 2.08. The molecule has 1 unspecified atom stereocenters. The lowest BCUT2D eigenvalue weighted by molar-refractivity contribution is -0.146. The second-order valence-electron chi connectivity index (χ2n) is 2.41. The van der Waals surface area contributed by atoms with Gasteiger partial charge >= 0.3 is 5.97 Å². The van der Waals surface area contributed by atoms with Gasteiger partial charge in [-0.2, -0.15) is 0 Å². The van der Waals surface area contributed by atoms with Crippen LogP contribution in [0.5, 0.6) is 0 Å². The Morgan fingerprint density at radius 3 is 2.58 bits per heavy atom. The van der Waals surface area contributed by atoms with Gasteiger partial charge in [0.05, 0.1) is 17.9 Å². The first-order chi connectivity index (χ1) is 5.74. The van der Waals surface area contributed by atoms with Gasteiger partial charge in [0.25, 0.3) is 0 Å². The van der Waals surface area contributed by atoms with E-state index in [0.717, 1.165) is 12.7 Å². The maximum Gasteiger partial charge on any atom is 0.337 e. The van der Waals surface area contributed by atoms with Gasteiger partial charge in [-0.1, -0.05) is 13.8 Å². The highest BCUT2D eigenvalue weighted by Gasteiger charge is 2.21. The molecule has 3 heteroatoms. The van der Waals surface area contributed by atoms with Crippen LogP contribution < -0.4 is 0 Å². The van der Waals surface area contributed by atoms with Crippen LogP contribution in [-0.4, -0.2) is 17.2 Å². The molecular weight excluding hydrogens is 156 g/mol. The molecule has 1 heterocycles. The SMILES string of the molecule is CC.CC1CC/C(=C\O)C(=O)O1. The molecule has 0 radical (unpaired) electrons. The highest BCUT2D eigenvalue weighted by molar-refractivity contribution is 5.88. The summed E-state index contributed by atoms with van der Waals surface area (Å²) in [5.41, 5.74) is 0.373. The lowest BCUT2D eigenvalue weighted by atomic mass is 10.1. The van der Waals surface area contributed by atoms with Crippen molar-refractivity contribution >= 4 is 5.97 Å². The molecule has 0 aromatic carbocycles. The largest absolute Gasteiger partial charge is 0.515 e. The Bertz CT molecular complexity index is 173. The maximum atomic E-state index is 10.8. The number of aliphatic hydroxyl groups is 1. The lowest BCUT2D eigenvalue weighted by Gasteiger charge is -2.19. The average molecular weight is 172 g/mol. The second-order valence-corrected chi connectivity index (χ2v) is 2.41. The fourth-order valence-corrected chi connectivity index (χ4v) is 0.895. The molecule has 70 valence electrons. The molecule has 1 N–H and O–H groups in total. The molecule has 0 aromatic rings. The van der Waals surface area contributed by atoms with Crippen LogP contribution in [-0.2, 0) is 9.53 Å². The highest BCUT2D eigenvalue weighted by Crippen LogP contribution is 2.17. The van der Waals surface area contributed by atoms with E-state index in [-0.39, 0.29) is 12.1 Å². The third-order valence-corrected chi connectivity index (χ3v) is 1.55. The molecule has 3 nitrogen and oxygen atoms in total. The van der Waals surface area contributed by atoms with Crippen LogP contribution in [0.25, 0.3) is 0 Å². The van der Waals surface area contributed by atoms with Crippen molar-refractivity contribution in [3.05, 3.63) is 11.8 Å². The predicted octanol–water partition coefficient (Wildman–Crippen LogP) is 2.18. The van der Waals surface area contributed by atoms with Crippen molar-refractivity contribution < 1.29 is 14.6 Å². The Labute approximate surface area is 73.0 Å². The number of rotatable bonds is 0. The van der Waals surface area contributed by atoms with Crippen molar-refractivity contribution in [2.75, 3.05) is 0 Å². The predicted molar refractivity (Wildman–Crippen MR) is 46.8 cm³/mol. The summed E-state index contributed by atoms with van der Waals surface area (Å²) in [6.45, 7) is 5.84. The monoisotopic (exact) mass is 172 g/mol. The van der Waals surface area contributed by atoms with Crippen molar-refractivity contribution in [3.8, 4) is 0 Å². The minimum Gasteiger partial charge on any atom is -0.515 e. The number of aliphatic hydroxyl groups excluding tert-OH is 1. The molecule has 0 amide bonds. The summed E-state index contributed by atoms with van der Waals surface area (Å²) in [7, 11) is 0. The summed E-state index contributed by atoms with van der Waals surface area (Å²) in [5.74, 6) is -0.388. The van der Waals surface area contributed by atoms with Gasteiger partial charge in [0.15, 0.2) is 0 Å². The lowest BCUT2D eigenvalue weighted by Crippen LogP contribution is -2.22. The van der Waals surface area contributed by atoms with Crippen LogP contribution >= 0.6 is 0 Å². The number of carbonyl (C=O) groups is 1. The molecule has 0 saturated carbocycles. The van der Waals surface area contributed by atoms with Gasteiger partial charge in [-0.3, -0.25) is 0 Å². The molecule has 0 bridgehead atoms. The summed E-state index contributed by atoms with van der Waals surface area (Å²) < 4.78 is 4.82. The van der Waals surface area contributed by atoms with Gasteiger partial charge in [0.2, 0.25) is 0 Å². The molecule has 1 fully saturated rings. The fourth-order valence-electron chi connectivity index (χ4n) is 0.895. The normalized spacial score (nSPS) is 25.8. The van der Waals surface area contributed by atoms with Gasteiger partial charge in [-0.05, 0) is 19.8 Å². The van der Waals surface area contributed by atoms with E-state index in [1.54, 1.807) is 0 Å². The number of esters is 1. The van der Waals surface area contributed by atoms with E-state index in [4.69, 9.17) is 9.84 Å². The smallest absolute Gasteiger partial charge is 0.337 e. The van der Waals surface area contributed by atoms with E-state index in [9.17, 15) is 4.79 Å². The van der Waals surface area contributed by atoms with Gasteiger partial charge in [-0.15, -0.1) is 0 Å². The Balaban J connectivity index is 0.000000561. The van der Waals surface area contributed by atoms with Crippen molar-refractivity contribution in [1.29, 1.82) is 0 Å². The Morgan fingerprint density at radius 1 is 1.58 bits per heavy atom. The molecule has 0 spiro atoms. The molecule has 1 aliphatic rings. The molecule has 1 rings (SSSR count). The van der Waals surface area contributed by atoms with Crippen LogP contribution in [0.2, 0.25) is 0 Å². The van der Waals surface area contributed by atoms with Crippen LogP contribution in [0, 0.1) is 0 Å². The minimum absolute atomic E-state index is 0.00352. The van der Waals surface area contributed by atoms with E-state index in [1.165, 1.54) is 0 Å². The summed E-state index contributed by atoms with van der Waals surface area (Å²) in [5, 5.41) is 8.48. The van der Waals surface area contributed by atoms with Gasteiger partial charge in [-0.25, -0.2) is 4.79 Å². The molecular formula is C9H16O3. The van der Waals surface area contributed by atoms with E-state index in [1.807, 2.05) is 20.8 Å². The van der Waals surface area contributed by atoms with E-state index in [0.29, 0.717) is 12.0 Å². The molecule has 1 aliphatic heterocycles. The Morgan fingerprint density at radius 2 is 2.17 bits per heavy atom. The Hall–Kier alpha value is -0.990. The number of hydrogen-bond acceptors (Lipinski definition) is 3. The third-order valence-electron chi connectivity index (χ3n) is 1.55. The first-order valence-corrected chi connectivity index (χ1v) is 4.28. The first kappa shape index (κ1) is 11.0. The quantitative estimate of drug-likeness (QED) is 0.346. The Kier molecular flexibility index (Phi) is 5.17.